The minimum Gasteiger partial charge on any atom is -0.480 e. The zero-order chi connectivity index (χ0) is 14.0. The van der Waals surface area contributed by atoms with Gasteiger partial charge in [0.15, 0.2) is 0 Å². The van der Waals surface area contributed by atoms with Crippen LogP contribution in [0.4, 0.5) is 8.78 Å². The van der Waals surface area contributed by atoms with Crippen molar-refractivity contribution < 1.29 is 18.7 Å². The maximum absolute atomic E-state index is 13.6. The van der Waals surface area contributed by atoms with E-state index in [0.29, 0.717) is 18.9 Å². The molecular weight excluding hydrogens is 252 g/mol. The minimum atomic E-state index is -0.928. The first-order chi connectivity index (χ1) is 8.99. The molecule has 19 heavy (non-hydrogen) atoms. The first-order valence-corrected chi connectivity index (χ1v) is 6.38. The van der Waals surface area contributed by atoms with Gasteiger partial charge in [-0.2, -0.15) is 0 Å². The van der Waals surface area contributed by atoms with Crippen molar-refractivity contribution in [2.45, 2.75) is 32.4 Å². The standard InChI is InChI=1S/C14H17F2NO2/c1-9-5-6-17(13(7-9)14(18)19)8-10-11(15)3-2-4-12(10)16/h2-4,9,13H,5-8H2,1H3,(H,18,19). The highest BCUT2D eigenvalue weighted by molar-refractivity contribution is 5.73. The second-order valence-electron chi connectivity index (χ2n) is 5.15. The fraction of sp³-hybridized carbons (Fsp3) is 0.500. The van der Waals surface area contributed by atoms with Gasteiger partial charge in [0.05, 0.1) is 0 Å². The van der Waals surface area contributed by atoms with Gasteiger partial charge in [-0.1, -0.05) is 13.0 Å². The van der Waals surface area contributed by atoms with Gasteiger partial charge in [0, 0.05) is 12.1 Å². The molecule has 104 valence electrons. The van der Waals surface area contributed by atoms with Crippen molar-refractivity contribution in [2.75, 3.05) is 6.54 Å². The predicted molar refractivity (Wildman–Crippen MR) is 66.6 cm³/mol. The van der Waals surface area contributed by atoms with Gasteiger partial charge in [0.25, 0.3) is 0 Å². The van der Waals surface area contributed by atoms with Crippen molar-refractivity contribution in [1.29, 1.82) is 0 Å². The molecule has 1 aromatic carbocycles. The Hall–Kier alpha value is -1.49. The minimum absolute atomic E-state index is 0.00218. The van der Waals surface area contributed by atoms with E-state index in [1.54, 1.807) is 4.90 Å². The maximum atomic E-state index is 13.6. The fourth-order valence-electron chi connectivity index (χ4n) is 2.52. The van der Waals surface area contributed by atoms with Gasteiger partial charge in [-0.25, -0.2) is 8.78 Å². The summed E-state index contributed by atoms with van der Waals surface area (Å²) in [5.74, 6) is -1.85. The first kappa shape index (κ1) is 13.9. The van der Waals surface area contributed by atoms with E-state index in [4.69, 9.17) is 0 Å². The normalized spacial score (nSPS) is 24.4. The number of carboxylic acid groups (broad SMARTS) is 1. The summed E-state index contributed by atoms with van der Waals surface area (Å²) >= 11 is 0. The van der Waals surface area contributed by atoms with E-state index < -0.39 is 23.6 Å². The molecule has 0 amide bonds. The van der Waals surface area contributed by atoms with E-state index in [-0.39, 0.29) is 12.1 Å². The summed E-state index contributed by atoms with van der Waals surface area (Å²) in [6.07, 6.45) is 1.37. The third-order valence-electron chi connectivity index (χ3n) is 3.68. The molecule has 1 fully saturated rings. The van der Waals surface area contributed by atoms with E-state index in [0.717, 1.165) is 6.42 Å². The summed E-state index contributed by atoms with van der Waals surface area (Å²) in [4.78, 5) is 12.9. The number of nitrogens with zero attached hydrogens (tertiary/aromatic N) is 1. The van der Waals surface area contributed by atoms with Gasteiger partial charge in [-0.15, -0.1) is 0 Å². The van der Waals surface area contributed by atoms with E-state index in [1.807, 2.05) is 6.92 Å². The van der Waals surface area contributed by atoms with Crippen LogP contribution in [0.3, 0.4) is 0 Å². The molecule has 0 saturated carbocycles. The Balaban J connectivity index is 2.19. The van der Waals surface area contributed by atoms with Gasteiger partial charge in [0.2, 0.25) is 0 Å². The predicted octanol–water partition coefficient (Wildman–Crippen LogP) is 2.65. The molecule has 0 spiro atoms. The smallest absolute Gasteiger partial charge is 0.320 e. The molecule has 2 atom stereocenters. The molecule has 1 heterocycles. The SMILES string of the molecule is CC1CCN(Cc2c(F)cccc2F)C(C(=O)O)C1. The molecule has 2 rings (SSSR count). The number of benzene rings is 1. The third-order valence-corrected chi connectivity index (χ3v) is 3.68. The Kier molecular flexibility index (Phi) is 4.14. The van der Waals surface area contributed by atoms with Crippen LogP contribution in [0, 0.1) is 17.6 Å². The average molecular weight is 269 g/mol. The lowest BCUT2D eigenvalue weighted by atomic mass is 9.92. The highest BCUT2D eigenvalue weighted by Gasteiger charge is 2.32. The molecule has 1 aliphatic rings. The second-order valence-corrected chi connectivity index (χ2v) is 5.15. The van der Waals surface area contributed by atoms with Crippen LogP contribution in [0.1, 0.15) is 25.3 Å². The monoisotopic (exact) mass is 269 g/mol. The zero-order valence-corrected chi connectivity index (χ0v) is 10.8. The van der Waals surface area contributed by atoms with Crippen molar-refractivity contribution in [2.24, 2.45) is 5.92 Å². The summed E-state index contributed by atoms with van der Waals surface area (Å²) < 4.78 is 27.2. The first-order valence-electron chi connectivity index (χ1n) is 6.38. The molecule has 3 nitrogen and oxygen atoms in total. The number of aliphatic carboxylic acids is 1. The lowest BCUT2D eigenvalue weighted by molar-refractivity contribution is -0.145. The second kappa shape index (κ2) is 5.65. The summed E-state index contributed by atoms with van der Waals surface area (Å²) in [5.41, 5.74) is -0.0525. The molecule has 2 unspecified atom stereocenters. The lowest BCUT2D eigenvalue weighted by Gasteiger charge is -2.36. The van der Waals surface area contributed by atoms with Crippen LogP contribution in [0.5, 0.6) is 0 Å². The highest BCUT2D eigenvalue weighted by Crippen LogP contribution is 2.25. The van der Waals surface area contributed by atoms with E-state index in [1.165, 1.54) is 18.2 Å². The highest BCUT2D eigenvalue weighted by atomic mass is 19.1. The lowest BCUT2D eigenvalue weighted by Crippen LogP contribution is -2.46. The Labute approximate surface area is 110 Å². The Bertz CT molecular complexity index is 458. The van der Waals surface area contributed by atoms with Gasteiger partial charge in [0.1, 0.15) is 17.7 Å². The number of halogens is 2. The molecule has 1 saturated heterocycles. The number of likely N-dealkylation sites (tertiary alicyclic amines) is 1. The quantitative estimate of drug-likeness (QED) is 0.917. The van der Waals surface area contributed by atoms with Crippen molar-refractivity contribution in [3.05, 3.63) is 35.4 Å². The van der Waals surface area contributed by atoms with E-state index in [9.17, 15) is 18.7 Å². The molecule has 1 N–H and O–H groups in total. The third kappa shape index (κ3) is 3.10. The number of carbonyl (C=O) groups is 1. The molecule has 0 radical (unpaired) electrons. The molecule has 5 heteroatoms. The summed E-state index contributed by atoms with van der Waals surface area (Å²) in [6, 6.07) is 3.03. The maximum Gasteiger partial charge on any atom is 0.320 e. The van der Waals surface area contributed by atoms with Crippen LogP contribution in [0.2, 0.25) is 0 Å². The van der Waals surface area contributed by atoms with Crippen LogP contribution in [-0.2, 0) is 11.3 Å². The Morgan fingerprint density at radius 1 is 1.42 bits per heavy atom. The summed E-state index contributed by atoms with van der Waals surface area (Å²) in [7, 11) is 0. The van der Waals surface area contributed by atoms with Crippen molar-refractivity contribution >= 4 is 5.97 Å². The fourth-order valence-corrected chi connectivity index (χ4v) is 2.52. The largest absolute Gasteiger partial charge is 0.480 e. The molecule has 1 aromatic rings. The number of hydrogen-bond acceptors (Lipinski definition) is 2. The topological polar surface area (TPSA) is 40.5 Å². The van der Waals surface area contributed by atoms with Crippen LogP contribution in [-0.4, -0.2) is 28.6 Å². The summed E-state index contributed by atoms with van der Waals surface area (Å²) in [6.45, 7) is 2.55. The number of hydrogen-bond donors (Lipinski definition) is 1. The van der Waals surface area contributed by atoms with Gasteiger partial charge < -0.3 is 5.11 Å². The van der Waals surface area contributed by atoms with Crippen molar-refractivity contribution in [3.63, 3.8) is 0 Å². The number of carboxylic acids is 1. The van der Waals surface area contributed by atoms with Crippen LogP contribution < -0.4 is 0 Å². The molecule has 0 bridgehead atoms. The van der Waals surface area contributed by atoms with Crippen LogP contribution >= 0.6 is 0 Å². The van der Waals surface area contributed by atoms with Crippen molar-refractivity contribution in [3.8, 4) is 0 Å². The molecular formula is C14H17F2NO2. The van der Waals surface area contributed by atoms with Gasteiger partial charge in [-0.05, 0) is 37.4 Å². The molecule has 1 aliphatic heterocycles. The van der Waals surface area contributed by atoms with E-state index >= 15 is 0 Å². The number of rotatable bonds is 3. The van der Waals surface area contributed by atoms with Gasteiger partial charge >= 0.3 is 5.97 Å². The van der Waals surface area contributed by atoms with Crippen molar-refractivity contribution in [1.82, 2.24) is 4.90 Å². The molecule has 0 aromatic heterocycles. The van der Waals surface area contributed by atoms with E-state index in [2.05, 4.69) is 0 Å². The zero-order valence-electron chi connectivity index (χ0n) is 10.8. The van der Waals surface area contributed by atoms with Gasteiger partial charge in [-0.3, -0.25) is 9.69 Å². The average Bonchev–Trinajstić information content (AvgIpc) is 2.35. The van der Waals surface area contributed by atoms with Crippen LogP contribution in [0.15, 0.2) is 18.2 Å². The Morgan fingerprint density at radius 2 is 2.05 bits per heavy atom. The Morgan fingerprint density at radius 3 is 2.63 bits per heavy atom. The number of piperidine rings is 1. The van der Waals surface area contributed by atoms with Crippen LogP contribution in [0.25, 0.3) is 0 Å². The summed E-state index contributed by atoms with van der Waals surface area (Å²) in [5, 5.41) is 9.21. The molecule has 0 aliphatic carbocycles.